The summed E-state index contributed by atoms with van der Waals surface area (Å²) in [6, 6.07) is 2.20. The molecule has 0 aliphatic heterocycles. The third-order valence-electron chi connectivity index (χ3n) is 5.77. The molecule has 0 bridgehead atoms. The Balaban J connectivity index is 1.83. The van der Waals surface area contributed by atoms with E-state index in [1.165, 1.54) is 6.20 Å². The molecule has 1 aromatic heterocycles. The van der Waals surface area contributed by atoms with Crippen molar-refractivity contribution in [1.82, 2.24) is 14.9 Å². The molecule has 3 N–H and O–H groups in total. The van der Waals surface area contributed by atoms with Crippen LogP contribution in [0, 0.1) is 11.3 Å². The molecule has 0 radical (unpaired) electrons. The second-order valence-electron chi connectivity index (χ2n) is 8.20. The van der Waals surface area contributed by atoms with Crippen molar-refractivity contribution in [1.29, 1.82) is 5.26 Å². The Kier molecular flexibility index (Phi) is 6.35. The summed E-state index contributed by atoms with van der Waals surface area (Å²) in [4.78, 5) is 23.3. The topological polar surface area (TPSA) is 114 Å². The van der Waals surface area contributed by atoms with Gasteiger partial charge in [-0.25, -0.2) is 4.98 Å². The van der Waals surface area contributed by atoms with Crippen molar-refractivity contribution in [3.05, 3.63) is 11.8 Å². The van der Waals surface area contributed by atoms with Gasteiger partial charge in [0.2, 0.25) is 11.9 Å². The number of carbonyl (C=O) groups is 1. The highest BCUT2D eigenvalue weighted by molar-refractivity contribution is 5.88. The molecule has 2 aliphatic carbocycles. The number of anilines is 2. The highest BCUT2D eigenvalue weighted by Crippen LogP contribution is 2.33. The highest BCUT2D eigenvalue weighted by atomic mass is 16.3. The number of hydrogen-bond donors (Lipinski definition) is 3. The van der Waals surface area contributed by atoms with Gasteiger partial charge in [0.05, 0.1) is 12.3 Å². The van der Waals surface area contributed by atoms with E-state index in [0.29, 0.717) is 23.8 Å². The minimum Gasteiger partial charge on any atom is -0.393 e. The Morgan fingerprint density at radius 3 is 2.68 bits per heavy atom. The molecule has 2 saturated carbocycles. The van der Waals surface area contributed by atoms with Crippen molar-refractivity contribution < 1.29 is 9.90 Å². The number of hydrogen-bond acceptors (Lipinski definition) is 7. The van der Waals surface area contributed by atoms with Gasteiger partial charge in [-0.1, -0.05) is 19.3 Å². The third kappa shape index (κ3) is 4.53. The van der Waals surface area contributed by atoms with Crippen molar-refractivity contribution in [2.45, 2.75) is 75.5 Å². The van der Waals surface area contributed by atoms with Crippen LogP contribution >= 0.6 is 0 Å². The Bertz CT molecular complexity index is 739. The molecule has 1 heterocycles. The van der Waals surface area contributed by atoms with Crippen molar-refractivity contribution >= 4 is 17.7 Å². The molecular formula is C20H30N6O2. The lowest BCUT2D eigenvalue weighted by Gasteiger charge is -2.38. The lowest BCUT2D eigenvalue weighted by Crippen LogP contribution is -2.53. The fraction of sp³-hybridized carbons (Fsp3) is 0.700. The molecule has 3 rings (SSSR count). The second kappa shape index (κ2) is 8.74. The van der Waals surface area contributed by atoms with Gasteiger partial charge in [-0.2, -0.15) is 10.2 Å². The number of likely N-dealkylation sites (N-methyl/N-ethyl adjacent to an activating group) is 1. The average molecular weight is 387 g/mol. The number of nitriles is 1. The van der Waals surface area contributed by atoms with E-state index < -0.39 is 5.54 Å². The van der Waals surface area contributed by atoms with Crippen molar-refractivity contribution in [3.8, 4) is 6.07 Å². The summed E-state index contributed by atoms with van der Waals surface area (Å²) in [5.74, 6) is 0.849. The molecule has 8 nitrogen and oxygen atoms in total. The van der Waals surface area contributed by atoms with E-state index in [1.807, 2.05) is 0 Å². The van der Waals surface area contributed by atoms with Crippen LogP contribution in [-0.4, -0.2) is 57.7 Å². The number of nitrogens with one attached hydrogen (secondary N) is 2. The molecule has 8 heteroatoms. The molecular weight excluding hydrogens is 356 g/mol. The SMILES string of the molecule is CN(C)C(=O)C1(Nc2ncc(C#N)c(N[C@@H]3CCC[C@@H](O)C3)n2)CCCCC1. The first-order valence-electron chi connectivity index (χ1n) is 10.2. The number of rotatable bonds is 5. The highest BCUT2D eigenvalue weighted by Gasteiger charge is 2.41. The molecule has 1 aromatic rings. The molecule has 0 spiro atoms. The first-order valence-corrected chi connectivity index (χ1v) is 10.2. The van der Waals surface area contributed by atoms with Crippen LogP contribution < -0.4 is 10.6 Å². The van der Waals surface area contributed by atoms with Crippen LogP contribution in [0.25, 0.3) is 0 Å². The van der Waals surface area contributed by atoms with Crippen LogP contribution in [0.2, 0.25) is 0 Å². The third-order valence-corrected chi connectivity index (χ3v) is 5.77. The molecule has 2 fully saturated rings. The number of amides is 1. The molecule has 2 aliphatic rings. The van der Waals surface area contributed by atoms with Gasteiger partial charge in [-0.05, 0) is 38.5 Å². The summed E-state index contributed by atoms with van der Waals surface area (Å²) >= 11 is 0. The Hall–Kier alpha value is -2.40. The van der Waals surface area contributed by atoms with Gasteiger partial charge in [0.15, 0.2) is 0 Å². The summed E-state index contributed by atoms with van der Waals surface area (Å²) in [5, 5.41) is 25.9. The second-order valence-corrected chi connectivity index (χ2v) is 8.20. The first-order chi connectivity index (χ1) is 13.4. The summed E-state index contributed by atoms with van der Waals surface area (Å²) in [5.41, 5.74) is -0.337. The molecule has 2 atom stereocenters. The molecule has 152 valence electrons. The largest absolute Gasteiger partial charge is 0.393 e. The van der Waals surface area contributed by atoms with Crippen molar-refractivity contribution in [2.75, 3.05) is 24.7 Å². The molecule has 1 amide bonds. The van der Waals surface area contributed by atoms with Gasteiger partial charge in [0.1, 0.15) is 23.0 Å². The van der Waals surface area contributed by atoms with Gasteiger partial charge >= 0.3 is 0 Å². The number of nitrogens with zero attached hydrogens (tertiary/aromatic N) is 4. The summed E-state index contributed by atoms with van der Waals surface area (Å²) in [6.07, 6.45) is 9.06. The first kappa shape index (κ1) is 20.3. The predicted octanol–water partition coefficient (Wildman–Crippen LogP) is 2.27. The van der Waals surface area contributed by atoms with Crippen molar-refractivity contribution in [3.63, 3.8) is 0 Å². The number of aliphatic hydroxyl groups excluding tert-OH is 1. The van der Waals surface area contributed by atoms with Gasteiger partial charge in [-0.15, -0.1) is 0 Å². The predicted molar refractivity (Wildman–Crippen MR) is 107 cm³/mol. The monoisotopic (exact) mass is 386 g/mol. The van der Waals surface area contributed by atoms with Crippen LogP contribution in [0.3, 0.4) is 0 Å². The van der Waals surface area contributed by atoms with Crippen LogP contribution in [-0.2, 0) is 4.79 Å². The smallest absolute Gasteiger partial charge is 0.247 e. The zero-order valence-corrected chi connectivity index (χ0v) is 16.7. The Labute approximate surface area is 166 Å². The van der Waals surface area contributed by atoms with Gasteiger partial charge in [0, 0.05) is 20.1 Å². The lowest BCUT2D eigenvalue weighted by molar-refractivity contribution is -0.134. The summed E-state index contributed by atoms with van der Waals surface area (Å²) < 4.78 is 0. The van der Waals surface area contributed by atoms with E-state index in [2.05, 4.69) is 26.7 Å². The van der Waals surface area contributed by atoms with Gasteiger partial charge < -0.3 is 20.6 Å². The van der Waals surface area contributed by atoms with E-state index >= 15 is 0 Å². The molecule has 28 heavy (non-hydrogen) atoms. The van der Waals surface area contributed by atoms with Crippen LogP contribution in [0.15, 0.2) is 6.20 Å². The molecule has 0 aromatic carbocycles. The minimum atomic E-state index is -0.700. The fourth-order valence-electron chi connectivity index (χ4n) is 4.31. The van der Waals surface area contributed by atoms with E-state index in [1.54, 1.807) is 19.0 Å². The number of aromatic nitrogens is 2. The van der Waals surface area contributed by atoms with Crippen molar-refractivity contribution in [2.24, 2.45) is 0 Å². The van der Waals surface area contributed by atoms with E-state index in [4.69, 9.17) is 0 Å². The standard InChI is InChI=1S/C20H30N6O2/c1-26(2)18(28)20(9-4-3-5-10-20)25-19-22-13-14(12-21)17(24-19)23-15-7-6-8-16(27)11-15/h13,15-16,27H,3-11H2,1-2H3,(H2,22,23,24,25)/t15-,16-/m1/s1. The molecule has 0 unspecified atom stereocenters. The zero-order chi connectivity index (χ0) is 20.1. The molecule has 0 saturated heterocycles. The maximum atomic E-state index is 12.9. The Morgan fingerprint density at radius 2 is 2.04 bits per heavy atom. The van der Waals surface area contributed by atoms with Crippen LogP contribution in [0.5, 0.6) is 0 Å². The minimum absolute atomic E-state index is 0.0325. The maximum absolute atomic E-state index is 12.9. The summed E-state index contributed by atoms with van der Waals surface area (Å²) in [7, 11) is 3.53. The van der Waals surface area contributed by atoms with Gasteiger partial charge in [0.25, 0.3) is 0 Å². The Morgan fingerprint density at radius 1 is 1.29 bits per heavy atom. The lowest BCUT2D eigenvalue weighted by atomic mass is 9.80. The van der Waals surface area contributed by atoms with Crippen LogP contribution in [0.1, 0.15) is 63.4 Å². The van der Waals surface area contributed by atoms with E-state index in [0.717, 1.165) is 51.4 Å². The number of aliphatic hydroxyl groups is 1. The van der Waals surface area contributed by atoms with E-state index in [-0.39, 0.29) is 18.1 Å². The quantitative estimate of drug-likeness (QED) is 0.711. The normalized spacial score (nSPS) is 24.1. The van der Waals surface area contributed by atoms with Gasteiger partial charge in [-0.3, -0.25) is 4.79 Å². The summed E-state index contributed by atoms with van der Waals surface area (Å²) in [6.45, 7) is 0. The van der Waals surface area contributed by atoms with E-state index in [9.17, 15) is 15.2 Å². The average Bonchev–Trinajstić information content (AvgIpc) is 2.68. The maximum Gasteiger partial charge on any atom is 0.247 e. The fourth-order valence-corrected chi connectivity index (χ4v) is 4.31. The zero-order valence-electron chi connectivity index (χ0n) is 16.7. The number of carbonyl (C=O) groups excluding carboxylic acids is 1. The van der Waals surface area contributed by atoms with Crippen LogP contribution in [0.4, 0.5) is 11.8 Å².